The fourth-order valence-corrected chi connectivity index (χ4v) is 3.37. The van der Waals surface area contributed by atoms with E-state index in [-0.39, 0.29) is 5.91 Å². The zero-order chi connectivity index (χ0) is 14.2. The third kappa shape index (κ3) is 2.00. The number of aromatic nitrogens is 1. The molecular formula is C17H12N2OS. The SMILES string of the molecule is O=C1Nc2sccc2/C1=C/c1[nH]ccc1-c1ccccc1. The minimum Gasteiger partial charge on any atom is -0.361 e. The summed E-state index contributed by atoms with van der Waals surface area (Å²) in [7, 11) is 0. The number of carbonyl (C=O) groups excluding carboxylic acids is 1. The molecule has 21 heavy (non-hydrogen) atoms. The van der Waals surface area contributed by atoms with Crippen LogP contribution in [0.5, 0.6) is 0 Å². The van der Waals surface area contributed by atoms with Crippen molar-refractivity contribution >= 4 is 33.9 Å². The number of hydrogen-bond acceptors (Lipinski definition) is 2. The van der Waals surface area contributed by atoms with Crippen LogP contribution in [0.4, 0.5) is 5.00 Å². The highest BCUT2D eigenvalue weighted by molar-refractivity contribution is 7.15. The second-order valence-electron chi connectivity index (χ2n) is 4.85. The molecule has 0 unspecified atom stereocenters. The number of rotatable bonds is 2. The third-order valence-electron chi connectivity index (χ3n) is 3.58. The largest absolute Gasteiger partial charge is 0.361 e. The van der Waals surface area contributed by atoms with Gasteiger partial charge in [-0.1, -0.05) is 30.3 Å². The van der Waals surface area contributed by atoms with Gasteiger partial charge in [-0.25, -0.2) is 0 Å². The fourth-order valence-electron chi connectivity index (χ4n) is 2.57. The molecule has 102 valence electrons. The maximum atomic E-state index is 12.1. The molecule has 0 fully saturated rings. The van der Waals surface area contributed by atoms with Crippen molar-refractivity contribution in [3.8, 4) is 11.1 Å². The van der Waals surface area contributed by atoms with E-state index >= 15 is 0 Å². The molecule has 0 saturated heterocycles. The van der Waals surface area contributed by atoms with Gasteiger partial charge in [-0.3, -0.25) is 4.79 Å². The van der Waals surface area contributed by atoms with Crippen molar-refractivity contribution < 1.29 is 4.79 Å². The summed E-state index contributed by atoms with van der Waals surface area (Å²) in [5.41, 5.74) is 4.88. The summed E-state index contributed by atoms with van der Waals surface area (Å²) in [6.07, 6.45) is 3.83. The van der Waals surface area contributed by atoms with Crippen molar-refractivity contribution in [3.63, 3.8) is 0 Å². The van der Waals surface area contributed by atoms with Crippen LogP contribution in [-0.2, 0) is 4.79 Å². The number of fused-ring (bicyclic) bond motifs is 1. The molecule has 0 spiro atoms. The van der Waals surface area contributed by atoms with Crippen molar-refractivity contribution in [2.24, 2.45) is 0 Å². The van der Waals surface area contributed by atoms with Gasteiger partial charge in [0.15, 0.2) is 0 Å². The summed E-state index contributed by atoms with van der Waals surface area (Å²) in [4.78, 5) is 15.3. The molecule has 3 nitrogen and oxygen atoms in total. The average molecular weight is 292 g/mol. The number of aromatic amines is 1. The molecule has 4 heteroatoms. The fraction of sp³-hybridized carbons (Fsp3) is 0. The Kier molecular flexibility index (Phi) is 2.75. The van der Waals surface area contributed by atoms with Crippen molar-refractivity contribution in [2.45, 2.75) is 0 Å². The minimum atomic E-state index is -0.0366. The smallest absolute Gasteiger partial charge is 0.257 e. The first-order valence-electron chi connectivity index (χ1n) is 6.66. The van der Waals surface area contributed by atoms with Gasteiger partial charge >= 0.3 is 0 Å². The van der Waals surface area contributed by atoms with Crippen LogP contribution in [0.15, 0.2) is 54.0 Å². The van der Waals surface area contributed by atoms with Crippen LogP contribution in [-0.4, -0.2) is 10.9 Å². The Labute approximate surface area is 126 Å². The van der Waals surface area contributed by atoms with Crippen LogP contribution in [0.1, 0.15) is 11.3 Å². The zero-order valence-electron chi connectivity index (χ0n) is 11.1. The highest BCUT2D eigenvalue weighted by Crippen LogP contribution is 2.38. The molecule has 1 aromatic carbocycles. The van der Waals surface area contributed by atoms with E-state index in [9.17, 15) is 4.79 Å². The summed E-state index contributed by atoms with van der Waals surface area (Å²) in [5.74, 6) is -0.0366. The number of nitrogens with one attached hydrogen (secondary N) is 2. The van der Waals surface area contributed by atoms with Gasteiger partial charge in [0, 0.05) is 23.0 Å². The van der Waals surface area contributed by atoms with Crippen LogP contribution >= 0.6 is 11.3 Å². The van der Waals surface area contributed by atoms with Crippen LogP contribution in [0, 0.1) is 0 Å². The topological polar surface area (TPSA) is 44.9 Å². The number of carbonyl (C=O) groups is 1. The summed E-state index contributed by atoms with van der Waals surface area (Å²) in [6, 6.07) is 14.2. The Bertz CT molecular complexity index is 843. The van der Waals surface area contributed by atoms with Crippen molar-refractivity contribution in [1.82, 2.24) is 4.98 Å². The number of hydrogen-bond donors (Lipinski definition) is 2. The number of H-pyrrole nitrogens is 1. The van der Waals surface area contributed by atoms with E-state index in [2.05, 4.69) is 22.4 Å². The number of amides is 1. The van der Waals surface area contributed by atoms with Gasteiger partial charge in [0.2, 0.25) is 0 Å². The second-order valence-corrected chi connectivity index (χ2v) is 5.76. The van der Waals surface area contributed by atoms with Crippen molar-refractivity contribution in [1.29, 1.82) is 0 Å². The van der Waals surface area contributed by atoms with Gasteiger partial charge in [0.1, 0.15) is 5.00 Å². The van der Waals surface area contributed by atoms with Gasteiger partial charge in [0.05, 0.1) is 5.57 Å². The van der Waals surface area contributed by atoms with Crippen LogP contribution in [0.2, 0.25) is 0 Å². The van der Waals surface area contributed by atoms with Crippen LogP contribution < -0.4 is 5.32 Å². The first kappa shape index (κ1) is 12.2. The number of anilines is 1. The van der Waals surface area contributed by atoms with E-state index in [0.717, 1.165) is 27.4 Å². The summed E-state index contributed by atoms with van der Waals surface area (Å²) >= 11 is 1.55. The number of thiophene rings is 1. The van der Waals surface area contributed by atoms with E-state index in [4.69, 9.17) is 0 Å². The molecule has 1 aliphatic heterocycles. The number of benzene rings is 1. The standard InChI is InChI=1S/C17H12N2OS/c20-16-14(13-7-9-21-17(13)19-16)10-15-12(6-8-18-15)11-4-2-1-3-5-11/h1-10,18H,(H,19,20)/b14-10-. The Morgan fingerprint density at radius 3 is 2.71 bits per heavy atom. The predicted molar refractivity (Wildman–Crippen MR) is 87.0 cm³/mol. The zero-order valence-corrected chi connectivity index (χ0v) is 11.9. The van der Waals surface area contributed by atoms with E-state index in [0.29, 0.717) is 5.57 Å². The Balaban J connectivity index is 1.82. The van der Waals surface area contributed by atoms with Gasteiger partial charge in [-0.05, 0) is 29.2 Å². The molecule has 2 aromatic heterocycles. The molecule has 0 bridgehead atoms. The maximum absolute atomic E-state index is 12.1. The molecule has 2 N–H and O–H groups in total. The van der Waals surface area contributed by atoms with Crippen molar-refractivity contribution in [3.05, 3.63) is 65.3 Å². The van der Waals surface area contributed by atoms with E-state index in [1.807, 2.05) is 48.0 Å². The molecule has 3 aromatic rings. The second kappa shape index (κ2) is 4.75. The molecule has 3 heterocycles. The van der Waals surface area contributed by atoms with Crippen molar-refractivity contribution in [2.75, 3.05) is 5.32 Å². The Morgan fingerprint density at radius 1 is 1.00 bits per heavy atom. The molecule has 0 radical (unpaired) electrons. The molecule has 1 amide bonds. The lowest BCUT2D eigenvalue weighted by atomic mass is 10.0. The normalized spacial score (nSPS) is 15.2. The lowest BCUT2D eigenvalue weighted by molar-refractivity contribution is -0.110. The quantitative estimate of drug-likeness (QED) is 0.682. The average Bonchev–Trinajstić information content (AvgIpc) is 3.19. The summed E-state index contributed by atoms with van der Waals surface area (Å²) in [5, 5.41) is 5.82. The molecule has 0 atom stereocenters. The lowest BCUT2D eigenvalue weighted by Crippen LogP contribution is -2.03. The monoisotopic (exact) mass is 292 g/mol. The highest BCUT2D eigenvalue weighted by Gasteiger charge is 2.25. The van der Waals surface area contributed by atoms with E-state index < -0.39 is 0 Å². The summed E-state index contributed by atoms with van der Waals surface area (Å²) in [6.45, 7) is 0. The van der Waals surface area contributed by atoms with Crippen LogP contribution in [0.3, 0.4) is 0 Å². The van der Waals surface area contributed by atoms with E-state index in [1.54, 1.807) is 11.3 Å². The van der Waals surface area contributed by atoms with E-state index in [1.165, 1.54) is 0 Å². The Morgan fingerprint density at radius 2 is 1.86 bits per heavy atom. The molecule has 4 rings (SSSR count). The molecular weight excluding hydrogens is 280 g/mol. The minimum absolute atomic E-state index is 0.0366. The van der Waals surface area contributed by atoms with Gasteiger partial charge < -0.3 is 10.3 Å². The lowest BCUT2D eigenvalue weighted by Gasteiger charge is -2.01. The van der Waals surface area contributed by atoms with Gasteiger partial charge in [-0.15, -0.1) is 11.3 Å². The summed E-state index contributed by atoms with van der Waals surface area (Å²) < 4.78 is 0. The molecule has 0 aliphatic carbocycles. The first-order valence-corrected chi connectivity index (χ1v) is 7.54. The third-order valence-corrected chi connectivity index (χ3v) is 4.41. The van der Waals surface area contributed by atoms with Crippen LogP contribution in [0.25, 0.3) is 22.8 Å². The van der Waals surface area contributed by atoms with Gasteiger partial charge in [0.25, 0.3) is 5.91 Å². The molecule has 1 aliphatic rings. The maximum Gasteiger partial charge on any atom is 0.257 e. The molecule has 0 saturated carbocycles. The highest BCUT2D eigenvalue weighted by atomic mass is 32.1. The van der Waals surface area contributed by atoms with Gasteiger partial charge in [-0.2, -0.15) is 0 Å². The Hall–Kier alpha value is -2.59. The first-order chi connectivity index (χ1) is 10.3. The predicted octanol–water partition coefficient (Wildman–Crippen LogP) is 4.24.